The summed E-state index contributed by atoms with van der Waals surface area (Å²) in [6, 6.07) is 10.7. The summed E-state index contributed by atoms with van der Waals surface area (Å²) in [4.78, 5) is 25.9. The number of anilines is 1. The van der Waals surface area contributed by atoms with Crippen LogP contribution in [0.4, 0.5) is 5.69 Å². The van der Waals surface area contributed by atoms with E-state index in [0.717, 1.165) is 11.1 Å². The van der Waals surface area contributed by atoms with Gasteiger partial charge >= 0.3 is 0 Å². The SMILES string of the molecule is O=C(/N=C1\SCCN1c1ccccc1O)c1c[nH]c2ncccc12. The number of nitrogens with zero attached hydrogens (tertiary/aromatic N) is 3. The molecular weight excluding hydrogens is 324 g/mol. The summed E-state index contributed by atoms with van der Waals surface area (Å²) in [5.74, 6) is 0.672. The zero-order chi connectivity index (χ0) is 16.5. The smallest absolute Gasteiger partial charge is 0.281 e. The number of phenols is 1. The number of amides is 1. The molecule has 2 aromatic heterocycles. The highest BCUT2D eigenvalue weighted by atomic mass is 32.2. The highest BCUT2D eigenvalue weighted by Gasteiger charge is 2.25. The molecule has 0 aliphatic carbocycles. The molecule has 3 aromatic rings. The standard InChI is InChI=1S/C17H14N4O2S/c22-14-6-2-1-5-13(14)21-8-9-24-17(21)20-16(23)12-10-19-15-11(12)4-3-7-18-15/h1-7,10,22H,8-9H2,(H,18,19)/b20-17-. The summed E-state index contributed by atoms with van der Waals surface area (Å²) in [6.07, 6.45) is 3.31. The van der Waals surface area contributed by atoms with Crippen LogP contribution >= 0.6 is 11.8 Å². The van der Waals surface area contributed by atoms with Gasteiger partial charge in [-0.2, -0.15) is 4.99 Å². The van der Waals surface area contributed by atoms with Crippen LogP contribution in [0.1, 0.15) is 10.4 Å². The Bertz CT molecular complexity index is 950. The largest absolute Gasteiger partial charge is 0.506 e. The molecule has 1 aromatic carbocycles. The minimum atomic E-state index is -0.320. The van der Waals surface area contributed by atoms with Crippen molar-refractivity contribution >= 4 is 39.6 Å². The lowest BCUT2D eigenvalue weighted by Crippen LogP contribution is -2.24. The number of aromatic amines is 1. The predicted molar refractivity (Wildman–Crippen MR) is 95.8 cm³/mol. The Kier molecular flexibility index (Phi) is 3.70. The average Bonchev–Trinajstić information content (AvgIpc) is 3.22. The maximum atomic E-state index is 12.6. The number of rotatable bonds is 2. The number of hydrogen-bond acceptors (Lipinski definition) is 4. The summed E-state index contributed by atoms with van der Waals surface area (Å²) in [7, 11) is 0. The van der Waals surface area contributed by atoms with E-state index in [1.165, 1.54) is 11.8 Å². The molecule has 1 saturated heterocycles. The number of phenolic OH excluding ortho intramolecular Hbond substituents is 1. The Morgan fingerprint density at radius 1 is 1.29 bits per heavy atom. The first kappa shape index (κ1) is 14.8. The van der Waals surface area contributed by atoms with E-state index in [9.17, 15) is 9.90 Å². The third-order valence-electron chi connectivity index (χ3n) is 3.83. The van der Waals surface area contributed by atoms with Crippen LogP contribution in [0.2, 0.25) is 0 Å². The number of para-hydroxylation sites is 2. The zero-order valence-corrected chi connectivity index (χ0v) is 13.5. The van der Waals surface area contributed by atoms with Crippen molar-refractivity contribution in [2.24, 2.45) is 4.99 Å². The molecule has 24 heavy (non-hydrogen) atoms. The van der Waals surface area contributed by atoms with Gasteiger partial charge in [-0.25, -0.2) is 4.98 Å². The first-order chi connectivity index (χ1) is 11.7. The van der Waals surface area contributed by atoms with Gasteiger partial charge in [0.25, 0.3) is 5.91 Å². The number of nitrogens with one attached hydrogen (secondary N) is 1. The predicted octanol–water partition coefficient (Wildman–Crippen LogP) is 3.02. The molecule has 0 bridgehead atoms. The van der Waals surface area contributed by atoms with Crippen molar-refractivity contribution in [1.82, 2.24) is 9.97 Å². The number of carbonyl (C=O) groups excluding carboxylic acids is 1. The van der Waals surface area contributed by atoms with E-state index in [4.69, 9.17) is 0 Å². The fraction of sp³-hybridized carbons (Fsp3) is 0.118. The van der Waals surface area contributed by atoms with E-state index in [1.54, 1.807) is 30.6 Å². The molecule has 4 rings (SSSR count). The number of hydrogen-bond donors (Lipinski definition) is 2. The Morgan fingerprint density at radius 3 is 3.04 bits per heavy atom. The van der Waals surface area contributed by atoms with E-state index in [2.05, 4.69) is 15.0 Å². The van der Waals surface area contributed by atoms with Gasteiger partial charge in [0.05, 0.1) is 11.3 Å². The van der Waals surface area contributed by atoms with E-state index >= 15 is 0 Å². The number of H-pyrrole nitrogens is 1. The van der Waals surface area contributed by atoms with E-state index in [0.29, 0.717) is 28.6 Å². The number of aromatic nitrogens is 2. The van der Waals surface area contributed by atoms with Gasteiger partial charge in [-0.3, -0.25) is 4.79 Å². The number of aliphatic imine (C=N–C) groups is 1. The van der Waals surface area contributed by atoms with Crippen LogP contribution in [0.5, 0.6) is 5.75 Å². The van der Waals surface area contributed by atoms with Crippen LogP contribution in [0, 0.1) is 0 Å². The lowest BCUT2D eigenvalue weighted by Gasteiger charge is -2.18. The van der Waals surface area contributed by atoms with Crippen molar-refractivity contribution in [3.63, 3.8) is 0 Å². The van der Waals surface area contributed by atoms with E-state index in [1.807, 2.05) is 23.1 Å². The molecule has 120 valence electrons. The minimum absolute atomic E-state index is 0.177. The third kappa shape index (κ3) is 2.52. The van der Waals surface area contributed by atoms with Gasteiger partial charge in [0.2, 0.25) is 0 Å². The van der Waals surface area contributed by atoms with Crippen LogP contribution in [0.25, 0.3) is 11.0 Å². The maximum absolute atomic E-state index is 12.6. The zero-order valence-electron chi connectivity index (χ0n) is 12.6. The number of carbonyl (C=O) groups is 1. The fourth-order valence-electron chi connectivity index (χ4n) is 2.69. The quantitative estimate of drug-likeness (QED) is 0.751. The van der Waals surface area contributed by atoms with Crippen molar-refractivity contribution < 1.29 is 9.90 Å². The number of thioether (sulfide) groups is 1. The van der Waals surface area contributed by atoms with Crippen molar-refractivity contribution in [1.29, 1.82) is 0 Å². The molecule has 1 aliphatic rings. The van der Waals surface area contributed by atoms with Crippen LogP contribution in [-0.4, -0.2) is 38.4 Å². The first-order valence-electron chi connectivity index (χ1n) is 7.47. The summed E-state index contributed by atoms with van der Waals surface area (Å²) in [5, 5.41) is 11.4. The van der Waals surface area contributed by atoms with Gasteiger partial charge in [0, 0.05) is 30.1 Å². The Morgan fingerprint density at radius 2 is 2.17 bits per heavy atom. The first-order valence-corrected chi connectivity index (χ1v) is 8.46. The Labute approximate surface area is 142 Å². The van der Waals surface area contributed by atoms with Gasteiger partial charge in [0.1, 0.15) is 11.4 Å². The van der Waals surface area contributed by atoms with Gasteiger partial charge < -0.3 is 15.0 Å². The molecule has 2 N–H and O–H groups in total. The van der Waals surface area contributed by atoms with Crippen LogP contribution in [0.15, 0.2) is 53.8 Å². The molecule has 0 atom stereocenters. The lowest BCUT2D eigenvalue weighted by atomic mass is 10.2. The van der Waals surface area contributed by atoms with Crippen LogP contribution in [-0.2, 0) is 0 Å². The van der Waals surface area contributed by atoms with Crippen molar-refractivity contribution in [3.8, 4) is 5.75 Å². The number of amidine groups is 1. The Balaban J connectivity index is 1.69. The second-order valence-corrected chi connectivity index (χ2v) is 6.35. The number of benzene rings is 1. The summed E-state index contributed by atoms with van der Waals surface area (Å²) >= 11 is 1.50. The molecule has 0 saturated carbocycles. The Hall–Kier alpha value is -2.80. The molecule has 7 heteroatoms. The maximum Gasteiger partial charge on any atom is 0.281 e. The van der Waals surface area contributed by atoms with E-state index < -0.39 is 0 Å². The highest BCUT2D eigenvalue weighted by molar-refractivity contribution is 8.14. The topological polar surface area (TPSA) is 81.6 Å². The third-order valence-corrected chi connectivity index (χ3v) is 4.78. The minimum Gasteiger partial charge on any atom is -0.506 e. The number of aromatic hydroxyl groups is 1. The summed E-state index contributed by atoms with van der Waals surface area (Å²) in [6.45, 7) is 0.698. The second kappa shape index (κ2) is 6.01. The number of pyridine rings is 1. The molecule has 1 aliphatic heterocycles. The van der Waals surface area contributed by atoms with Crippen molar-refractivity contribution in [2.45, 2.75) is 0 Å². The van der Waals surface area contributed by atoms with Crippen LogP contribution < -0.4 is 4.90 Å². The molecule has 0 radical (unpaired) electrons. The highest BCUT2D eigenvalue weighted by Crippen LogP contribution is 2.32. The van der Waals surface area contributed by atoms with Gasteiger partial charge in [-0.1, -0.05) is 23.9 Å². The van der Waals surface area contributed by atoms with Crippen molar-refractivity contribution in [3.05, 3.63) is 54.4 Å². The monoisotopic (exact) mass is 338 g/mol. The molecule has 3 heterocycles. The van der Waals surface area contributed by atoms with Gasteiger partial charge in [-0.05, 0) is 24.3 Å². The molecular formula is C17H14N4O2S. The van der Waals surface area contributed by atoms with Crippen molar-refractivity contribution in [2.75, 3.05) is 17.2 Å². The van der Waals surface area contributed by atoms with E-state index in [-0.39, 0.29) is 11.7 Å². The summed E-state index contributed by atoms with van der Waals surface area (Å²) < 4.78 is 0. The molecule has 0 spiro atoms. The van der Waals surface area contributed by atoms with Gasteiger partial charge in [-0.15, -0.1) is 0 Å². The fourth-order valence-corrected chi connectivity index (χ4v) is 3.64. The molecule has 6 nitrogen and oxygen atoms in total. The van der Waals surface area contributed by atoms with Gasteiger partial charge in [0.15, 0.2) is 5.17 Å². The molecule has 0 unspecified atom stereocenters. The number of fused-ring (bicyclic) bond motifs is 1. The summed E-state index contributed by atoms with van der Waals surface area (Å²) in [5.41, 5.74) is 1.82. The lowest BCUT2D eigenvalue weighted by molar-refractivity contribution is 0.100. The average molecular weight is 338 g/mol. The normalized spacial score (nSPS) is 16.2. The second-order valence-electron chi connectivity index (χ2n) is 5.29. The molecule has 1 fully saturated rings. The van der Waals surface area contributed by atoms with Crippen LogP contribution in [0.3, 0.4) is 0 Å². The molecule has 1 amide bonds.